The third kappa shape index (κ3) is 2.87. The van der Waals surface area contributed by atoms with Gasteiger partial charge in [-0.25, -0.2) is 9.18 Å². The van der Waals surface area contributed by atoms with E-state index in [1.807, 2.05) is 11.9 Å². The Morgan fingerprint density at radius 3 is 2.58 bits per heavy atom. The van der Waals surface area contributed by atoms with E-state index in [0.29, 0.717) is 11.6 Å². The number of methoxy groups -OCH3 is 2. The smallest absolute Gasteiger partial charge is 0.327 e. The number of nitrogens with zero attached hydrogens (tertiary/aromatic N) is 1. The minimum Gasteiger partial charge on any atom is -0.494 e. The van der Waals surface area contributed by atoms with Gasteiger partial charge in [0.05, 0.1) is 14.2 Å². The predicted molar refractivity (Wildman–Crippen MR) is 68.5 cm³/mol. The van der Waals surface area contributed by atoms with Gasteiger partial charge >= 0.3 is 5.97 Å². The molecule has 1 saturated carbocycles. The van der Waals surface area contributed by atoms with Crippen molar-refractivity contribution in [2.75, 3.05) is 21.3 Å². The van der Waals surface area contributed by atoms with Gasteiger partial charge in [-0.2, -0.15) is 0 Å². The van der Waals surface area contributed by atoms with Crippen molar-refractivity contribution >= 4 is 5.97 Å². The van der Waals surface area contributed by atoms with Gasteiger partial charge in [0.1, 0.15) is 6.04 Å². The van der Waals surface area contributed by atoms with Crippen LogP contribution in [0.2, 0.25) is 0 Å². The second-order valence-electron chi connectivity index (χ2n) is 4.72. The number of rotatable bonds is 5. The predicted octanol–water partition coefficient (Wildman–Crippen LogP) is 2.14. The van der Waals surface area contributed by atoms with Crippen LogP contribution in [0.1, 0.15) is 24.4 Å². The summed E-state index contributed by atoms with van der Waals surface area (Å²) in [5.41, 5.74) is 0.583. The first-order valence-electron chi connectivity index (χ1n) is 6.21. The lowest BCUT2D eigenvalue weighted by atomic mass is 10.0. The summed E-state index contributed by atoms with van der Waals surface area (Å²) in [6, 6.07) is 4.36. The highest BCUT2D eigenvalue weighted by Crippen LogP contribution is 2.34. The summed E-state index contributed by atoms with van der Waals surface area (Å²) >= 11 is 0. The molecule has 5 heteroatoms. The first-order valence-corrected chi connectivity index (χ1v) is 6.21. The van der Waals surface area contributed by atoms with Crippen molar-refractivity contribution < 1.29 is 18.7 Å². The molecular formula is C14H18FNO3. The number of halogens is 1. The molecule has 1 aliphatic carbocycles. The fourth-order valence-corrected chi connectivity index (χ4v) is 2.19. The Hall–Kier alpha value is -1.62. The van der Waals surface area contributed by atoms with Gasteiger partial charge in [0, 0.05) is 6.04 Å². The van der Waals surface area contributed by atoms with E-state index < -0.39 is 11.9 Å². The summed E-state index contributed by atoms with van der Waals surface area (Å²) in [6.07, 6.45) is 2.12. The zero-order chi connectivity index (χ0) is 14.0. The maximum atomic E-state index is 13.8. The van der Waals surface area contributed by atoms with E-state index in [-0.39, 0.29) is 11.7 Å². The monoisotopic (exact) mass is 267 g/mol. The maximum Gasteiger partial charge on any atom is 0.327 e. The molecule has 0 aliphatic heterocycles. The SMILES string of the molecule is COC(=O)C(c1ccc(OC)c(F)c1)N(C)C1CC1. The van der Waals surface area contributed by atoms with Gasteiger partial charge in [-0.05, 0) is 37.6 Å². The molecular weight excluding hydrogens is 249 g/mol. The van der Waals surface area contributed by atoms with Crippen molar-refractivity contribution in [3.63, 3.8) is 0 Å². The van der Waals surface area contributed by atoms with Crippen LogP contribution in [0.3, 0.4) is 0 Å². The topological polar surface area (TPSA) is 38.8 Å². The highest BCUT2D eigenvalue weighted by atomic mass is 19.1. The first kappa shape index (κ1) is 13.8. The Morgan fingerprint density at radius 1 is 1.42 bits per heavy atom. The second kappa shape index (κ2) is 5.57. The number of esters is 1. The van der Waals surface area contributed by atoms with E-state index in [2.05, 4.69) is 0 Å². The summed E-state index contributed by atoms with van der Waals surface area (Å²) in [5, 5.41) is 0. The molecule has 0 aromatic heterocycles. The average molecular weight is 267 g/mol. The molecule has 0 N–H and O–H groups in total. The Kier molecular flexibility index (Phi) is 4.04. The van der Waals surface area contributed by atoms with Crippen molar-refractivity contribution in [3.8, 4) is 5.75 Å². The van der Waals surface area contributed by atoms with Crippen LogP contribution in [-0.2, 0) is 9.53 Å². The molecule has 0 spiro atoms. The molecule has 0 radical (unpaired) electrons. The Labute approximate surface area is 112 Å². The Morgan fingerprint density at radius 2 is 2.11 bits per heavy atom. The van der Waals surface area contributed by atoms with E-state index in [4.69, 9.17) is 9.47 Å². The van der Waals surface area contributed by atoms with Crippen molar-refractivity contribution in [1.82, 2.24) is 4.90 Å². The van der Waals surface area contributed by atoms with E-state index in [1.54, 1.807) is 6.07 Å². The number of carbonyl (C=O) groups excluding carboxylic acids is 1. The van der Waals surface area contributed by atoms with Gasteiger partial charge < -0.3 is 9.47 Å². The molecule has 4 nitrogen and oxygen atoms in total. The van der Waals surface area contributed by atoms with E-state index in [0.717, 1.165) is 12.8 Å². The third-order valence-electron chi connectivity index (χ3n) is 3.45. The molecule has 1 aromatic carbocycles. The molecule has 0 saturated heterocycles. The van der Waals surface area contributed by atoms with Crippen LogP contribution in [0, 0.1) is 5.82 Å². The van der Waals surface area contributed by atoms with Crippen molar-refractivity contribution in [2.45, 2.75) is 24.9 Å². The molecule has 1 aromatic rings. The van der Waals surface area contributed by atoms with Gasteiger partial charge in [0.25, 0.3) is 0 Å². The Bertz CT molecular complexity index is 474. The van der Waals surface area contributed by atoms with Crippen LogP contribution >= 0.6 is 0 Å². The standard InChI is InChI=1S/C14H18FNO3/c1-16(10-5-6-10)13(14(17)19-3)9-4-7-12(18-2)11(15)8-9/h4,7-8,10,13H,5-6H2,1-3H3. The minimum absolute atomic E-state index is 0.168. The quantitative estimate of drug-likeness (QED) is 0.766. The summed E-state index contributed by atoms with van der Waals surface area (Å²) in [7, 11) is 4.61. The molecule has 0 bridgehead atoms. The van der Waals surface area contributed by atoms with E-state index >= 15 is 0 Å². The van der Waals surface area contributed by atoms with Crippen LogP contribution in [0.4, 0.5) is 4.39 Å². The summed E-state index contributed by atoms with van der Waals surface area (Å²) in [4.78, 5) is 13.9. The third-order valence-corrected chi connectivity index (χ3v) is 3.45. The normalized spacial score (nSPS) is 16.3. The maximum absolute atomic E-state index is 13.8. The number of carbonyl (C=O) groups is 1. The highest BCUT2D eigenvalue weighted by molar-refractivity contribution is 5.77. The molecule has 0 amide bonds. The number of benzene rings is 1. The van der Waals surface area contributed by atoms with Crippen LogP contribution < -0.4 is 4.74 Å². The number of hydrogen-bond acceptors (Lipinski definition) is 4. The molecule has 19 heavy (non-hydrogen) atoms. The van der Waals surface area contributed by atoms with Gasteiger partial charge in [-0.15, -0.1) is 0 Å². The Balaban J connectivity index is 2.31. The van der Waals surface area contributed by atoms with Gasteiger partial charge in [-0.1, -0.05) is 6.07 Å². The largest absolute Gasteiger partial charge is 0.494 e. The lowest BCUT2D eigenvalue weighted by molar-refractivity contribution is -0.147. The summed E-state index contributed by atoms with van der Waals surface area (Å²) < 4.78 is 23.5. The summed E-state index contributed by atoms with van der Waals surface area (Å²) in [5.74, 6) is -0.682. The fourth-order valence-electron chi connectivity index (χ4n) is 2.19. The van der Waals surface area contributed by atoms with Gasteiger partial charge in [-0.3, -0.25) is 4.90 Å². The molecule has 0 heterocycles. The first-order chi connectivity index (χ1) is 9.08. The zero-order valence-corrected chi connectivity index (χ0v) is 11.4. The summed E-state index contributed by atoms with van der Waals surface area (Å²) in [6.45, 7) is 0. The highest BCUT2D eigenvalue weighted by Gasteiger charge is 2.36. The van der Waals surface area contributed by atoms with Gasteiger partial charge in [0.2, 0.25) is 0 Å². The minimum atomic E-state index is -0.571. The molecule has 1 fully saturated rings. The lowest BCUT2D eigenvalue weighted by Gasteiger charge is -2.26. The molecule has 104 valence electrons. The van der Waals surface area contributed by atoms with E-state index in [1.165, 1.54) is 26.4 Å². The number of ether oxygens (including phenoxy) is 2. The van der Waals surface area contributed by atoms with Crippen molar-refractivity contribution in [3.05, 3.63) is 29.6 Å². The van der Waals surface area contributed by atoms with Gasteiger partial charge in [0.15, 0.2) is 11.6 Å². The molecule has 1 aliphatic rings. The molecule has 1 atom stereocenters. The number of hydrogen-bond donors (Lipinski definition) is 0. The molecule has 2 rings (SSSR count). The number of likely N-dealkylation sites (N-methyl/N-ethyl adjacent to an activating group) is 1. The lowest BCUT2D eigenvalue weighted by Crippen LogP contribution is -2.33. The van der Waals surface area contributed by atoms with Crippen LogP contribution in [-0.4, -0.2) is 38.2 Å². The molecule has 1 unspecified atom stereocenters. The van der Waals surface area contributed by atoms with Crippen molar-refractivity contribution in [2.24, 2.45) is 0 Å². The van der Waals surface area contributed by atoms with Crippen LogP contribution in [0.5, 0.6) is 5.75 Å². The van der Waals surface area contributed by atoms with Crippen LogP contribution in [0.15, 0.2) is 18.2 Å². The average Bonchev–Trinajstić information content (AvgIpc) is 3.23. The second-order valence-corrected chi connectivity index (χ2v) is 4.72. The zero-order valence-electron chi connectivity index (χ0n) is 11.4. The fraction of sp³-hybridized carbons (Fsp3) is 0.500. The van der Waals surface area contributed by atoms with Crippen molar-refractivity contribution in [1.29, 1.82) is 0 Å². The van der Waals surface area contributed by atoms with Crippen LogP contribution in [0.25, 0.3) is 0 Å². The van der Waals surface area contributed by atoms with E-state index in [9.17, 15) is 9.18 Å².